The minimum absolute atomic E-state index is 0. The van der Waals surface area contributed by atoms with Crippen LogP contribution in [0.25, 0.3) is 0 Å². The van der Waals surface area contributed by atoms with Crippen molar-refractivity contribution in [2.24, 2.45) is 4.99 Å². The first-order valence-electron chi connectivity index (χ1n) is 9.81. The molecule has 0 unspecified atom stereocenters. The van der Waals surface area contributed by atoms with Crippen LogP contribution < -0.4 is 16.0 Å². The van der Waals surface area contributed by atoms with Crippen molar-refractivity contribution in [3.63, 3.8) is 0 Å². The molecule has 31 heavy (non-hydrogen) atoms. The van der Waals surface area contributed by atoms with Gasteiger partial charge in [0, 0.05) is 24.2 Å². The number of nitrogens with one attached hydrogen (secondary N) is 3. The summed E-state index contributed by atoms with van der Waals surface area (Å²) in [5, 5.41) is 9.10. The van der Waals surface area contributed by atoms with Gasteiger partial charge in [0.1, 0.15) is 11.6 Å². The molecule has 6 nitrogen and oxygen atoms in total. The molecular formula is C23H26FIN4O2. The molecule has 3 rings (SSSR count). The predicted octanol–water partition coefficient (Wildman–Crippen LogP) is 4.22. The summed E-state index contributed by atoms with van der Waals surface area (Å²) in [6.45, 7) is 3.68. The molecule has 0 aliphatic heterocycles. The highest BCUT2D eigenvalue weighted by atomic mass is 127. The maximum absolute atomic E-state index is 13.8. The Morgan fingerprint density at radius 1 is 1.00 bits per heavy atom. The van der Waals surface area contributed by atoms with E-state index < -0.39 is 0 Å². The maximum atomic E-state index is 13.8. The monoisotopic (exact) mass is 536 g/mol. The molecule has 0 radical (unpaired) electrons. The van der Waals surface area contributed by atoms with Crippen molar-refractivity contribution in [1.29, 1.82) is 0 Å². The van der Waals surface area contributed by atoms with E-state index in [4.69, 9.17) is 4.42 Å². The van der Waals surface area contributed by atoms with Gasteiger partial charge in [0.2, 0.25) is 0 Å². The van der Waals surface area contributed by atoms with Crippen molar-refractivity contribution in [1.82, 2.24) is 16.0 Å². The van der Waals surface area contributed by atoms with Gasteiger partial charge in [0.05, 0.1) is 19.4 Å². The molecule has 0 spiro atoms. The minimum atomic E-state index is -0.255. The van der Waals surface area contributed by atoms with E-state index in [0.717, 1.165) is 5.56 Å². The summed E-state index contributed by atoms with van der Waals surface area (Å²) in [5.41, 5.74) is 2.01. The second kappa shape index (κ2) is 12.7. The number of hydrogen-bond donors (Lipinski definition) is 3. The van der Waals surface area contributed by atoms with E-state index >= 15 is 0 Å². The maximum Gasteiger partial charge on any atom is 0.251 e. The van der Waals surface area contributed by atoms with Crippen molar-refractivity contribution in [3.05, 3.63) is 95.2 Å². The molecule has 3 aromatic rings. The molecule has 0 bridgehead atoms. The second-order valence-corrected chi connectivity index (χ2v) is 6.60. The summed E-state index contributed by atoms with van der Waals surface area (Å²) in [7, 11) is 0. The normalized spacial score (nSPS) is 10.8. The number of furan rings is 1. The highest BCUT2D eigenvalue weighted by Gasteiger charge is 2.07. The van der Waals surface area contributed by atoms with Gasteiger partial charge in [0.25, 0.3) is 5.91 Å². The van der Waals surface area contributed by atoms with Crippen LogP contribution in [0.15, 0.2) is 76.3 Å². The third-order valence-corrected chi connectivity index (χ3v) is 4.36. The van der Waals surface area contributed by atoms with Gasteiger partial charge < -0.3 is 20.4 Å². The Balaban J connectivity index is 0.00000341. The summed E-state index contributed by atoms with van der Waals surface area (Å²) in [5.74, 6) is 0.838. The fourth-order valence-electron chi connectivity index (χ4n) is 2.83. The summed E-state index contributed by atoms with van der Waals surface area (Å²) in [4.78, 5) is 16.9. The van der Waals surface area contributed by atoms with Crippen molar-refractivity contribution in [2.45, 2.75) is 26.6 Å². The zero-order valence-electron chi connectivity index (χ0n) is 17.2. The van der Waals surface area contributed by atoms with E-state index in [1.54, 1.807) is 42.7 Å². The molecule has 2 aromatic carbocycles. The molecule has 0 atom stereocenters. The molecular weight excluding hydrogens is 510 g/mol. The second-order valence-electron chi connectivity index (χ2n) is 6.60. The van der Waals surface area contributed by atoms with Crippen LogP contribution in [-0.2, 0) is 19.6 Å². The number of benzene rings is 2. The lowest BCUT2D eigenvalue weighted by atomic mass is 10.1. The summed E-state index contributed by atoms with van der Waals surface area (Å²) < 4.78 is 19.0. The van der Waals surface area contributed by atoms with E-state index in [9.17, 15) is 9.18 Å². The number of nitrogens with zero attached hydrogens (tertiary/aromatic N) is 1. The van der Waals surface area contributed by atoms with Crippen molar-refractivity contribution in [2.75, 3.05) is 6.54 Å². The molecule has 1 amide bonds. The Morgan fingerprint density at radius 2 is 1.84 bits per heavy atom. The van der Waals surface area contributed by atoms with Crippen LogP contribution in [0.4, 0.5) is 4.39 Å². The SMILES string of the molecule is CCNC(=NCc1cccc(C(=O)NCc2ccco2)c1)NCc1ccccc1F.I. The van der Waals surface area contributed by atoms with Crippen molar-refractivity contribution >= 4 is 35.8 Å². The fraction of sp³-hybridized carbons (Fsp3) is 0.217. The molecule has 3 N–H and O–H groups in total. The van der Waals surface area contributed by atoms with Crippen LogP contribution >= 0.6 is 24.0 Å². The molecule has 164 valence electrons. The third kappa shape index (κ3) is 7.71. The Morgan fingerprint density at radius 3 is 2.58 bits per heavy atom. The lowest BCUT2D eigenvalue weighted by molar-refractivity contribution is 0.0948. The lowest BCUT2D eigenvalue weighted by Gasteiger charge is -2.12. The van der Waals surface area contributed by atoms with Crippen LogP contribution in [0, 0.1) is 5.82 Å². The number of guanidine groups is 1. The Bertz CT molecular complexity index is 993. The van der Waals surface area contributed by atoms with E-state index in [2.05, 4.69) is 20.9 Å². The molecule has 0 saturated carbocycles. The fourth-order valence-corrected chi connectivity index (χ4v) is 2.83. The summed E-state index contributed by atoms with van der Waals surface area (Å²) in [6, 6.07) is 17.5. The highest BCUT2D eigenvalue weighted by Crippen LogP contribution is 2.08. The molecule has 8 heteroatoms. The number of aliphatic imine (C=N–C) groups is 1. The number of carbonyl (C=O) groups excluding carboxylic acids is 1. The Labute approximate surface area is 198 Å². The zero-order chi connectivity index (χ0) is 21.2. The number of rotatable bonds is 8. The standard InChI is InChI=1S/C23H25FN4O2.HI/c1-2-25-23(28-15-19-8-3-4-11-21(19)24)27-14-17-7-5-9-18(13-17)22(29)26-16-20-10-6-12-30-20;/h3-13H,2,14-16H2,1H3,(H,26,29)(H2,25,27,28);1H. The van der Waals surface area contributed by atoms with Crippen LogP contribution in [-0.4, -0.2) is 18.4 Å². The first-order valence-corrected chi connectivity index (χ1v) is 9.81. The van der Waals surface area contributed by atoms with E-state index in [1.807, 2.05) is 25.1 Å². The first-order chi connectivity index (χ1) is 14.7. The van der Waals surface area contributed by atoms with Crippen LogP contribution in [0.5, 0.6) is 0 Å². The average molecular weight is 536 g/mol. The van der Waals surface area contributed by atoms with Crippen LogP contribution in [0.3, 0.4) is 0 Å². The van der Waals surface area contributed by atoms with Gasteiger partial charge in [-0.05, 0) is 42.8 Å². The Hall–Kier alpha value is -2.88. The smallest absolute Gasteiger partial charge is 0.251 e. The van der Waals surface area contributed by atoms with Gasteiger partial charge in [-0.1, -0.05) is 30.3 Å². The molecule has 1 heterocycles. The summed E-state index contributed by atoms with van der Waals surface area (Å²) in [6.07, 6.45) is 1.57. The third-order valence-electron chi connectivity index (χ3n) is 4.36. The number of amides is 1. The molecule has 0 fully saturated rings. The number of hydrogen-bond acceptors (Lipinski definition) is 3. The lowest BCUT2D eigenvalue weighted by Crippen LogP contribution is -2.37. The average Bonchev–Trinajstić information content (AvgIpc) is 3.29. The zero-order valence-corrected chi connectivity index (χ0v) is 19.6. The topological polar surface area (TPSA) is 78.7 Å². The molecule has 0 saturated heterocycles. The van der Waals surface area contributed by atoms with Gasteiger partial charge in [-0.15, -0.1) is 24.0 Å². The van der Waals surface area contributed by atoms with Crippen molar-refractivity contribution in [3.8, 4) is 0 Å². The quantitative estimate of drug-likeness (QED) is 0.229. The Kier molecular flexibility index (Phi) is 10.0. The number of carbonyl (C=O) groups is 1. The molecule has 0 aliphatic rings. The highest BCUT2D eigenvalue weighted by molar-refractivity contribution is 14.0. The molecule has 1 aromatic heterocycles. The van der Waals surface area contributed by atoms with E-state index in [0.29, 0.717) is 49.0 Å². The van der Waals surface area contributed by atoms with Crippen LogP contribution in [0.1, 0.15) is 34.2 Å². The van der Waals surface area contributed by atoms with E-state index in [1.165, 1.54) is 6.07 Å². The molecule has 0 aliphatic carbocycles. The van der Waals surface area contributed by atoms with Crippen LogP contribution in [0.2, 0.25) is 0 Å². The predicted molar refractivity (Wildman–Crippen MR) is 130 cm³/mol. The van der Waals surface area contributed by atoms with Gasteiger partial charge in [-0.2, -0.15) is 0 Å². The largest absolute Gasteiger partial charge is 0.467 e. The van der Waals surface area contributed by atoms with E-state index in [-0.39, 0.29) is 35.7 Å². The minimum Gasteiger partial charge on any atom is -0.467 e. The van der Waals surface area contributed by atoms with Gasteiger partial charge in [-0.25, -0.2) is 9.38 Å². The number of halogens is 2. The van der Waals surface area contributed by atoms with Crippen molar-refractivity contribution < 1.29 is 13.6 Å². The first kappa shape index (κ1) is 24.4. The van der Waals surface area contributed by atoms with Gasteiger partial charge in [0.15, 0.2) is 5.96 Å². The van der Waals surface area contributed by atoms with Gasteiger partial charge in [-0.3, -0.25) is 4.79 Å². The summed E-state index contributed by atoms with van der Waals surface area (Å²) >= 11 is 0. The van der Waals surface area contributed by atoms with Gasteiger partial charge >= 0.3 is 0 Å².